The molecule has 0 heterocycles. The lowest BCUT2D eigenvalue weighted by Gasteiger charge is -2.21. The van der Waals surface area contributed by atoms with Crippen LogP contribution in [-0.2, 0) is 21.2 Å². The summed E-state index contributed by atoms with van der Waals surface area (Å²) >= 11 is 0. The van der Waals surface area contributed by atoms with Crippen LogP contribution in [0.3, 0.4) is 0 Å². The topological polar surface area (TPSA) is 89.3 Å². The fourth-order valence-corrected chi connectivity index (χ4v) is 2.39. The molecule has 1 aromatic rings. The summed E-state index contributed by atoms with van der Waals surface area (Å²) < 4.78 is 22.9. The highest BCUT2D eigenvalue weighted by Crippen LogP contribution is 2.27. The third-order valence-electron chi connectivity index (χ3n) is 3.02. The molecule has 112 valence electrons. The first-order valence-corrected chi connectivity index (χ1v) is 7.99. The number of carbonyl (C=O) groups excluding carboxylic acids is 1. The van der Waals surface area contributed by atoms with Gasteiger partial charge in [-0.2, -0.15) is 0 Å². The zero-order valence-corrected chi connectivity index (χ0v) is 13.4. The molecule has 0 aliphatic heterocycles. The summed E-state index contributed by atoms with van der Waals surface area (Å²) in [6, 6.07) is 2.99. The largest absolute Gasteiger partial charge is 0.325 e. The smallest absolute Gasteiger partial charge is 0.238 e. The number of anilines is 1. The van der Waals surface area contributed by atoms with E-state index >= 15 is 0 Å². The van der Waals surface area contributed by atoms with Crippen LogP contribution in [0.15, 0.2) is 17.0 Å². The molecular formula is C14H22N2O3S. The molecule has 1 rings (SSSR count). The van der Waals surface area contributed by atoms with Gasteiger partial charge >= 0.3 is 0 Å². The maximum absolute atomic E-state index is 12.1. The first-order chi connectivity index (χ1) is 8.96. The van der Waals surface area contributed by atoms with Crippen molar-refractivity contribution in [2.45, 2.75) is 45.9 Å². The Labute approximate surface area is 120 Å². The van der Waals surface area contributed by atoms with E-state index in [0.717, 1.165) is 5.56 Å². The van der Waals surface area contributed by atoms with E-state index in [1.807, 2.05) is 27.7 Å². The van der Waals surface area contributed by atoms with Gasteiger partial charge in [-0.05, 0) is 36.6 Å². The lowest BCUT2D eigenvalue weighted by atomic mass is 9.95. The zero-order valence-electron chi connectivity index (χ0n) is 12.6. The number of hydrogen-bond donors (Lipinski definition) is 2. The molecule has 1 amide bonds. The summed E-state index contributed by atoms with van der Waals surface area (Å²) in [6.45, 7) is 9.12. The number of amides is 1. The van der Waals surface area contributed by atoms with Crippen molar-refractivity contribution < 1.29 is 13.2 Å². The number of nitrogens with one attached hydrogen (secondary N) is 1. The van der Waals surface area contributed by atoms with Gasteiger partial charge in [0, 0.05) is 11.1 Å². The highest BCUT2D eigenvalue weighted by atomic mass is 32.2. The summed E-state index contributed by atoms with van der Waals surface area (Å²) in [4.78, 5) is 12.2. The van der Waals surface area contributed by atoms with E-state index in [-0.39, 0.29) is 10.8 Å². The third kappa shape index (κ3) is 3.80. The van der Waals surface area contributed by atoms with E-state index in [0.29, 0.717) is 17.7 Å². The van der Waals surface area contributed by atoms with Crippen LogP contribution in [0.2, 0.25) is 0 Å². The second-order valence-corrected chi connectivity index (χ2v) is 7.44. The lowest BCUT2D eigenvalue weighted by molar-refractivity contribution is -0.123. The predicted molar refractivity (Wildman–Crippen MR) is 80.0 cm³/mol. The quantitative estimate of drug-likeness (QED) is 0.896. The number of primary sulfonamides is 1. The van der Waals surface area contributed by atoms with Gasteiger partial charge in [0.25, 0.3) is 0 Å². The van der Waals surface area contributed by atoms with Crippen molar-refractivity contribution in [3.05, 3.63) is 23.3 Å². The van der Waals surface area contributed by atoms with Crippen LogP contribution in [-0.4, -0.2) is 14.3 Å². The van der Waals surface area contributed by atoms with Gasteiger partial charge in [-0.15, -0.1) is 0 Å². The Balaban J connectivity index is 3.32. The van der Waals surface area contributed by atoms with Gasteiger partial charge in [0.05, 0.1) is 4.90 Å². The molecule has 1 aromatic carbocycles. The van der Waals surface area contributed by atoms with E-state index in [9.17, 15) is 13.2 Å². The van der Waals surface area contributed by atoms with E-state index in [1.165, 1.54) is 12.1 Å². The molecule has 0 aromatic heterocycles. The third-order valence-corrected chi connectivity index (χ3v) is 3.91. The predicted octanol–water partition coefficient (Wildman–Crippen LogP) is 2.19. The van der Waals surface area contributed by atoms with E-state index in [1.54, 1.807) is 6.92 Å². The van der Waals surface area contributed by atoms with Gasteiger partial charge in [-0.25, -0.2) is 13.6 Å². The van der Waals surface area contributed by atoms with Crippen LogP contribution in [0, 0.1) is 12.3 Å². The fraction of sp³-hybridized carbons (Fsp3) is 0.500. The molecule has 0 saturated heterocycles. The highest BCUT2D eigenvalue weighted by Gasteiger charge is 2.23. The van der Waals surface area contributed by atoms with Gasteiger partial charge < -0.3 is 5.32 Å². The average molecular weight is 298 g/mol. The summed E-state index contributed by atoms with van der Waals surface area (Å²) in [5.74, 6) is -0.112. The Bertz CT molecular complexity index is 629. The molecule has 0 radical (unpaired) electrons. The number of rotatable bonds is 3. The number of aryl methyl sites for hydroxylation is 2. The number of nitrogens with two attached hydrogens (primary N) is 1. The Morgan fingerprint density at radius 3 is 2.25 bits per heavy atom. The Morgan fingerprint density at radius 1 is 1.30 bits per heavy atom. The maximum Gasteiger partial charge on any atom is 0.238 e. The molecule has 5 nitrogen and oxygen atoms in total. The Kier molecular flexibility index (Phi) is 4.61. The summed E-state index contributed by atoms with van der Waals surface area (Å²) in [5, 5.41) is 8.03. The zero-order chi connectivity index (χ0) is 15.7. The van der Waals surface area contributed by atoms with Crippen molar-refractivity contribution in [1.82, 2.24) is 0 Å². The SMILES string of the molecule is CCc1cc(S(N)(=O)=O)cc(C)c1NC(=O)C(C)(C)C. The minimum atomic E-state index is -3.74. The Hall–Kier alpha value is -1.40. The van der Waals surface area contributed by atoms with Crippen molar-refractivity contribution in [1.29, 1.82) is 0 Å². The van der Waals surface area contributed by atoms with Crippen molar-refractivity contribution in [2.75, 3.05) is 5.32 Å². The second-order valence-electron chi connectivity index (χ2n) is 5.88. The van der Waals surface area contributed by atoms with Gasteiger partial charge in [-0.3, -0.25) is 4.79 Å². The molecular weight excluding hydrogens is 276 g/mol. The second kappa shape index (κ2) is 5.54. The maximum atomic E-state index is 12.1. The van der Waals surface area contributed by atoms with Gasteiger partial charge in [0.15, 0.2) is 0 Å². The van der Waals surface area contributed by atoms with Gasteiger partial charge in [-0.1, -0.05) is 27.7 Å². The molecule has 6 heteroatoms. The van der Waals surface area contributed by atoms with Crippen molar-refractivity contribution in [3.8, 4) is 0 Å². The average Bonchev–Trinajstić information content (AvgIpc) is 2.28. The van der Waals surface area contributed by atoms with E-state index in [4.69, 9.17) is 5.14 Å². The number of sulfonamides is 1. The monoisotopic (exact) mass is 298 g/mol. The van der Waals surface area contributed by atoms with E-state index < -0.39 is 15.4 Å². The van der Waals surface area contributed by atoms with Crippen LogP contribution >= 0.6 is 0 Å². The van der Waals surface area contributed by atoms with Crippen LogP contribution in [0.4, 0.5) is 5.69 Å². The first kappa shape index (κ1) is 16.7. The van der Waals surface area contributed by atoms with Gasteiger partial charge in [0.2, 0.25) is 15.9 Å². The van der Waals surface area contributed by atoms with Crippen LogP contribution in [0.5, 0.6) is 0 Å². The minimum absolute atomic E-state index is 0.0700. The van der Waals surface area contributed by atoms with Crippen molar-refractivity contribution in [3.63, 3.8) is 0 Å². The van der Waals surface area contributed by atoms with Crippen LogP contribution in [0.1, 0.15) is 38.8 Å². The molecule has 0 bridgehead atoms. The number of hydrogen-bond acceptors (Lipinski definition) is 3. The standard InChI is InChI=1S/C14H22N2O3S/c1-6-10-8-11(20(15,18)19)7-9(2)12(10)16-13(17)14(3,4)5/h7-8H,6H2,1-5H3,(H,16,17)(H2,15,18,19). The molecule has 0 aliphatic carbocycles. The fourth-order valence-electron chi connectivity index (χ4n) is 1.75. The van der Waals surface area contributed by atoms with Gasteiger partial charge in [0.1, 0.15) is 0 Å². The summed E-state index contributed by atoms with van der Waals surface area (Å²) in [6.07, 6.45) is 0.601. The molecule has 0 fully saturated rings. The molecule has 0 saturated carbocycles. The molecule has 0 aliphatic rings. The molecule has 20 heavy (non-hydrogen) atoms. The Morgan fingerprint density at radius 2 is 1.85 bits per heavy atom. The van der Waals surface area contributed by atoms with Crippen LogP contribution in [0.25, 0.3) is 0 Å². The number of benzene rings is 1. The normalized spacial score (nSPS) is 12.3. The summed E-state index contributed by atoms with van der Waals surface area (Å²) in [5.41, 5.74) is 1.59. The minimum Gasteiger partial charge on any atom is -0.325 e. The number of carbonyl (C=O) groups is 1. The van der Waals surface area contributed by atoms with Crippen molar-refractivity contribution in [2.24, 2.45) is 10.6 Å². The molecule has 0 spiro atoms. The highest BCUT2D eigenvalue weighted by molar-refractivity contribution is 7.89. The van der Waals surface area contributed by atoms with Crippen LogP contribution < -0.4 is 10.5 Å². The molecule has 3 N–H and O–H groups in total. The lowest BCUT2D eigenvalue weighted by Crippen LogP contribution is -2.28. The van der Waals surface area contributed by atoms with E-state index in [2.05, 4.69) is 5.32 Å². The molecule has 0 atom stereocenters. The summed E-state index contributed by atoms with van der Waals surface area (Å²) in [7, 11) is -3.74. The molecule has 0 unspecified atom stereocenters. The first-order valence-electron chi connectivity index (χ1n) is 6.44. The van der Waals surface area contributed by atoms with Crippen molar-refractivity contribution >= 4 is 21.6 Å².